The second-order valence-corrected chi connectivity index (χ2v) is 4.80. The summed E-state index contributed by atoms with van der Waals surface area (Å²) in [6.07, 6.45) is 0.922. The third-order valence-corrected chi connectivity index (χ3v) is 3.48. The lowest BCUT2D eigenvalue weighted by molar-refractivity contribution is 0.192. The molecule has 1 aliphatic rings. The SMILES string of the molecule is c1ccc(-c2nc([C@@H]3CCOC3)no2)c(-c2nn[nH]n2)c1. The predicted octanol–water partition coefficient (Wildman–Crippen LogP) is 1.42. The third kappa shape index (κ3) is 2.19. The normalized spacial score (nSPS) is 18.2. The molecule has 1 aromatic carbocycles. The van der Waals surface area contributed by atoms with Crippen LogP contribution in [0.25, 0.3) is 22.8 Å². The molecule has 2 aromatic heterocycles. The van der Waals surface area contributed by atoms with Crippen LogP contribution in [0.15, 0.2) is 28.8 Å². The molecule has 0 saturated carbocycles. The Morgan fingerprint density at radius 3 is 2.86 bits per heavy atom. The molecule has 21 heavy (non-hydrogen) atoms. The number of rotatable bonds is 3. The molecule has 0 radical (unpaired) electrons. The Labute approximate surface area is 119 Å². The van der Waals surface area contributed by atoms with Crippen LogP contribution in [0.4, 0.5) is 0 Å². The first kappa shape index (κ1) is 12.2. The molecule has 1 aliphatic heterocycles. The van der Waals surface area contributed by atoms with E-state index in [1.165, 1.54) is 0 Å². The van der Waals surface area contributed by atoms with E-state index in [1.807, 2.05) is 24.3 Å². The molecule has 3 aromatic rings. The zero-order chi connectivity index (χ0) is 14.1. The number of hydrogen-bond acceptors (Lipinski definition) is 7. The summed E-state index contributed by atoms with van der Waals surface area (Å²) < 4.78 is 10.8. The standard InChI is InChI=1S/C13H12N6O2/c1-2-4-10(9(3-1)12-15-18-19-16-12)13-14-11(17-21-13)8-5-6-20-7-8/h1-4,8H,5-7H2,(H,15,16,18,19)/t8-/m1/s1. The van der Waals surface area contributed by atoms with Gasteiger partial charge in [0.25, 0.3) is 5.89 Å². The van der Waals surface area contributed by atoms with E-state index in [9.17, 15) is 0 Å². The summed E-state index contributed by atoms with van der Waals surface area (Å²) in [6.45, 7) is 1.39. The van der Waals surface area contributed by atoms with Crippen molar-refractivity contribution in [3.05, 3.63) is 30.1 Å². The molecule has 1 fully saturated rings. The molecule has 1 N–H and O–H groups in total. The molecular weight excluding hydrogens is 272 g/mol. The average Bonchev–Trinajstić information content (AvgIpc) is 3.27. The first-order valence-electron chi connectivity index (χ1n) is 6.66. The van der Waals surface area contributed by atoms with E-state index in [2.05, 4.69) is 30.8 Å². The predicted molar refractivity (Wildman–Crippen MR) is 71.1 cm³/mol. The van der Waals surface area contributed by atoms with Crippen molar-refractivity contribution >= 4 is 0 Å². The molecule has 4 rings (SSSR count). The third-order valence-electron chi connectivity index (χ3n) is 3.48. The zero-order valence-electron chi connectivity index (χ0n) is 11.1. The van der Waals surface area contributed by atoms with Crippen molar-refractivity contribution in [2.75, 3.05) is 13.2 Å². The Morgan fingerprint density at radius 2 is 2.10 bits per heavy atom. The van der Waals surface area contributed by atoms with Crippen molar-refractivity contribution < 1.29 is 9.26 Å². The summed E-state index contributed by atoms with van der Waals surface area (Å²) >= 11 is 0. The van der Waals surface area contributed by atoms with E-state index in [0.717, 1.165) is 24.2 Å². The topological polar surface area (TPSA) is 103 Å². The van der Waals surface area contributed by atoms with Gasteiger partial charge in [-0.15, -0.1) is 10.2 Å². The molecule has 106 valence electrons. The monoisotopic (exact) mass is 284 g/mol. The summed E-state index contributed by atoms with van der Waals surface area (Å²) in [5.41, 5.74) is 1.58. The van der Waals surface area contributed by atoms with Crippen molar-refractivity contribution in [1.82, 2.24) is 30.8 Å². The van der Waals surface area contributed by atoms with Crippen molar-refractivity contribution in [3.8, 4) is 22.8 Å². The number of nitrogens with zero attached hydrogens (tertiary/aromatic N) is 5. The number of aromatic nitrogens is 6. The minimum Gasteiger partial charge on any atom is -0.381 e. The first-order valence-corrected chi connectivity index (χ1v) is 6.66. The molecule has 0 amide bonds. The number of benzene rings is 1. The van der Waals surface area contributed by atoms with Gasteiger partial charge < -0.3 is 9.26 Å². The van der Waals surface area contributed by atoms with Crippen LogP contribution in [-0.2, 0) is 4.74 Å². The fraction of sp³-hybridized carbons (Fsp3) is 0.308. The highest BCUT2D eigenvalue weighted by Gasteiger charge is 2.24. The quantitative estimate of drug-likeness (QED) is 0.775. The van der Waals surface area contributed by atoms with Gasteiger partial charge >= 0.3 is 0 Å². The van der Waals surface area contributed by atoms with E-state index in [0.29, 0.717) is 24.1 Å². The molecule has 8 heteroatoms. The number of nitrogens with one attached hydrogen (secondary N) is 1. The van der Waals surface area contributed by atoms with E-state index in [4.69, 9.17) is 9.26 Å². The molecule has 3 heterocycles. The molecule has 0 unspecified atom stereocenters. The van der Waals surface area contributed by atoms with Gasteiger partial charge in [-0.1, -0.05) is 23.4 Å². The van der Waals surface area contributed by atoms with Gasteiger partial charge in [-0.25, -0.2) is 0 Å². The lowest BCUT2D eigenvalue weighted by Gasteiger charge is -2.01. The maximum absolute atomic E-state index is 5.40. The molecule has 1 atom stereocenters. The number of tetrazole rings is 1. The maximum atomic E-state index is 5.40. The highest BCUT2D eigenvalue weighted by molar-refractivity contribution is 5.75. The van der Waals surface area contributed by atoms with E-state index in [-0.39, 0.29) is 5.92 Å². The van der Waals surface area contributed by atoms with Gasteiger partial charge in [-0.2, -0.15) is 10.2 Å². The summed E-state index contributed by atoms with van der Waals surface area (Å²) in [7, 11) is 0. The van der Waals surface area contributed by atoms with Crippen molar-refractivity contribution in [2.45, 2.75) is 12.3 Å². The van der Waals surface area contributed by atoms with Crippen LogP contribution in [0.5, 0.6) is 0 Å². The largest absolute Gasteiger partial charge is 0.381 e. The van der Waals surface area contributed by atoms with Gasteiger partial charge in [-0.3, -0.25) is 0 Å². The van der Waals surface area contributed by atoms with E-state index in [1.54, 1.807) is 0 Å². The van der Waals surface area contributed by atoms with E-state index >= 15 is 0 Å². The molecule has 8 nitrogen and oxygen atoms in total. The first-order chi connectivity index (χ1) is 10.4. The minimum atomic E-state index is 0.208. The Bertz CT molecular complexity index is 733. The highest BCUT2D eigenvalue weighted by Crippen LogP contribution is 2.30. The van der Waals surface area contributed by atoms with Crippen molar-refractivity contribution in [3.63, 3.8) is 0 Å². The molecule has 1 saturated heterocycles. The fourth-order valence-electron chi connectivity index (χ4n) is 2.39. The summed E-state index contributed by atoms with van der Waals surface area (Å²) in [5, 5.41) is 18.1. The molecule has 0 spiro atoms. The Hall–Kier alpha value is -2.61. The lowest BCUT2D eigenvalue weighted by Crippen LogP contribution is -1.99. The van der Waals surface area contributed by atoms with Crippen LogP contribution in [0.1, 0.15) is 18.2 Å². The highest BCUT2D eigenvalue weighted by atomic mass is 16.5. The van der Waals surface area contributed by atoms with Gasteiger partial charge in [0.05, 0.1) is 12.2 Å². The number of aromatic amines is 1. The van der Waals surface area contributed by atoms with Gasteiger partial charge in [-0.05, 0) is 17.7 Å². The maximum Gasteiger partial charge on any atom is 0.258 e. The minimum absolute atomic E-state index is 0.208. The molecule has 0 aliphatic carbocycles. The van der Waals surface area contributed by atoms with Crippen LogP contribution < -0.4 is 0 Å². The van der Waals surface area contributed by atoms with Crippen LogP contribution >= 0.6 is 0 Å². The van der Waals surface area contributed by atoms with Crippen LogP contribution in [0, 0.1) is 0 Å². The van der Waals surface area contributed by atoms with Gasteiger partial charge in [0.1, 0.15) is 0 Å². The van der Waals surface area contributed by atoms with Gasteiger partial charge in [0.15, 0.2) is 5.82 Å². The average molecular weight is 284 g/mol. The molecule has 0 bridgehead atoms. The fourth-order valence-corrected chi connectivity index (χ4v) is 2.39. The number of H-pyrrole nitrogens is 1. The van der Waals surface area contributed by atoms with Crippen LogP contribution in [0.2, 0.25) is 0 Å². The molecular formula is C13H12N6O2. The van der Waals surface area contributed by atoms with Gasteiger partial charge in [0, 0.05) is 18.1 Å². The second kappa shape index (κ2) is 5.06. The Balaban J connectivity index is 1.74. The Morgan fingerprint density at radius 1 is 1.19 bits per heavy atom. The second-order valence-electron chi connectivity index (χ2n) is 4.80. The van der Waals surface area contributed by atoms with Crippen molar-refractivity contribution in [2.24, 2.45) is 0 Å². The van der Waals surface area contributed by atoms with Crippen molar-refractivity contribution in [1.29, 1.82) is 0 Å². The lowest BCUT2D eigenvalue weighted by atomic mass is 10.1. The van der Waals surface area contributed by atoms with Gasteiger partial charge in [0.2, 0.25) is 5.82 Å². The summed E-state index contributed by atoms with van der Waals surface area (Å²) in [4.78, 5) is 4.49. The summed E-state index contributed by atoms with van der Waals surface area (Å²) in [6, 6.07) is 7.59. The van der Waals surface area contributed by atoms with Crippen LogP contribution in [-0.4, -0.2) is 44.0 Å². The smallest absolute Gasteiger partial charge is 0.258 e. The van der Waals surface area contributed by atoms with Crippen LogP contribution in [0.3, 0.4) is 0 Å². The number of hydrogen-bond donors (Lipinski definition) is 1. The van der Waals surface area contributed by atoms with E-state index < -0.39 is 0 Å². The number of ether oxygens (including phenoxy) is 1. The Kier molecular flexibility index (Phi) is 2.93. The zero-order valence-corrected chi connectivity index (χ0v) is 11.1. The summed E-state index contributed by atoms with van der Waals surface area (Å²) in [5.74, 6) is 1.84.